The molecule has 1 fully saturated rings. The molecule has 1 aromatic rings. The van der Waals surface area contributed by atoms with E-state index >= 15 is 4.39 Å². The van der Waals surface area contributed by atoms with Crippen molar-refractivity contribution in [2.45, 2.75) is 51.5 Å². The third-order valence-electron chi connectivity index (χ3n) is 5.24. The molecule has 0 aromatic heterocycles. The van der Waals surface area contributed by atoms with Gasteiger partial charge in [0.15, 0.2) is 11.5 Å². The lowest BCUT2D eigenvalue weighted by atomic mass is 9.81. The largest absolute Gasteiger partial charge is 0.525 e. The SMILES string of the molecule is COc1cccc(C(CCOCC(F)(F)F)=C(F)B2OC(C)(C)C(C)(C)O2)c1OC. The summed E-state index contributed by atoms with van der Waals surface area (Å²) in [7, 11) is 1.51. The summed E-state index contributed by atoms with van der Waals surface area (Å²) < 4.78 is 79.7. The highest BCUT2D eigenvalue weighted by molar-refractivity contribution is 6.55. The van der Waals surface area contributed by atoms with Gasteiger partial charge in [-0.1, -0.05) is 12.1 Å². The molecule has 0 unspecified atom stereocenters. The average molecular weight is 434 g/mol. The van der Waals surface area contributed by atoms with Crippen LogP contribution in [0.4, 0.5) is 17.6 Å². The summed E-state index contributed by atoms with van der Waals surface area (Å²) >= 11 is 0. The van der Waals surface area contributed by atoms with Gasteiger partial charge < -0.3 is 23.5 Å². The first kappa shape index (κ1) is 24.5. The summed E-state index contributed by atoms with van der Waals surface area (Å²) in [5, 5.41) is 0. The minimum atomic E-state index is -4.47. The van der Waals surface area contributed by atoms with Crippen molar-refractivity contribution in [3.8, 4) is 11.5 Å². The molecule has 0 amide bonds. The molecule has 1 saturated heterocycles. The van der Waals surface area contributed by atoms with Gasteiger partial charge in [-0.25, -0.2) is 4.39 Å². The smallest absolute Gasteiger partial charge is 0.493 e. The Hall–Kier alpha value is -1.78. The molecule has 1 aliphatic rings. The van der Waals surface area contributed by atoms with Crippen LogP contribution in [-0.4, -0.2) is 51.9 Å². The van der Waals surface area contributed by atoms with Gasteiger partial charge in [-0.2, -0.15) is 13.2 Å². The van der Waals surface area contributed by atoms with Gasteiger partial charge in [0.05, 0.1) is 32.0 Å². The van der Waals surface area contributed by atoms with Gasteiger partial charge in [0.2, 0.25) is 0 Å². The van der Waals surface area contributed by atoms with E-state index in [1.165, 1.54) is 14.2 Å². The summed E-state index contributed by atoms with van der Waals surface area (Å²) in [5.74, 6) is 0.600. The van der Waals surface area contributed by atoms with Crippen LogP contribution in [0.15, 0.2) is 23.9 Å². The molecule has 30 heavy (non-hydrogen) atoms. The first-order valence-electron chi connectivity index (χ1n) is 9.43. The van der Waals surface area contributed by atoms with Gasteiger partial charge >= 0.3 is 13.3 Å². The lowest BCUT2D eigenvalue weighted by Gasteiger charge is -2.32. The lowest BCUT2D eigenvalue weighted by Crippen LogP contribution is -2.41. The maximum atomic E-state index is 15.6. The van der Waals surface area contributed by atoms with Gasteiger partial charge in [-0.3, -0.25) is 0 Å². The molecule has 1 aliphatic heterocycles. The Bertz CT molecular complexity index is 761. The van der Waals surface area contributed by atoms with E-state index in [4.69, 9.17) is 23.5 Å². The number of rotatable bonds is 8. The van der Waals surface area contributed by atoms with Crippen LogP contribution in [0.3, 0.4) is 0 Å². The standard InChI is InChI=1S/C20H27BF4O5/c1-18(2)19(3,4)30-21(29-18)17(22)14(10-11-28-12-20(23,24)25)13-8-7-9-15(26-5)16(13)27-6/h7-9H,10-12H2,1-6H3. The van der Waals surface area contributed by atoms with E-state index in [9.17, 15) is 13.2 Å². The Morgan fingerprint density at radius 2 is 1.63 bits per heavy atom. The molecule has 0 atom stereocenters. The molecule has 1 aromatic carbocycles. The summed E-state index contributed by atoms with van der Waals surface area (Å²) in [6, 6.07) is 4.85. The van der Waals surface area contributed by atoms with E-state index in [-0.39, 0.29) is 24.4 Å². The molecular weight excluding hydrogens is 407 g/mol. The van der Waals surface area contributed by atoms with Crippen LogP contribution < -0.4 is 9.47 Å². The quantitative estimate of drug-likeness (QED) is 0.328. The molecule has 0 spiro atoms. The monoisotopic (exact) mass is 434 g/mol. The first-order valence-corrected chi connectivity index (χ1v) is 9.43. The zero-order chi connectivity index (χ0) is 22.7. The minimum Gasteiger partial charge on any atom is -0.493 e. The summed E-state index contributed by atoms with van der Waals surface area (Å²) in [4.78, 5) is 0. The van der Waals surface area contributed by atoms with Gasteiger partial charge in [0.1, 0.15) is 12.3 Å². The molecule has 168 valence electrons. The number of hydrogen-bond donors (Lipinski definition) is 0. The predicted molar refractivity (Wildman–Crippen MR) is 105 cm³/mol. The van der Waals surface area contributed by atoms with Crippen molar-refractivity contribution in [2.24, 2.45) is 0 Å². The highest BCUT2D eigenvalue weighted by Gasteiger charge is 2.53. The second-order valence-corrected chi connectivity index (χ2v) is 7.87. The Balaban J connectivity index is 2.43. The van der Waals surface area contributed by atoms with Crippen LogP contribution in [0.2, 0.25) is 0 Å². The van der Waals surface area contributed by atoms with E-state index in [1.807, 2.05) is 0 Å². The molecule has 0 aliphatic carbocycles. The number of alkyl halides is 3. The van der Waals surface area contributed by atoms with Crippen molar-refractivity contribution >= 4 is 12.7 Å². The highest BCUT2D eigenvalue weighted by Crippen LogP contribution is 2.43. The molecule has 0 radical (unpaired) electrons. The van der Waals surface area contributed by atoms with Crippen molar-refractivity contribution in [1.29, 1.82) is 0 Å². The van der Waals surface area contributed by atoms with Crippen LogP contribution >= 0.6 is 0 Å². The Morgan fingerprint density at radius 3 is 2.13 bits per heavy atom. The molecule has 2 rings (SSSR count). The molecule has 10 heteroatoms. The number of benzene rings is 1. The Kier molecular flexibility index (Phi) is 7.47. The molecule has 0 saturated carbocycles. The number of para-hydroxylation sites is 1. The fourth-order valence-corrected chi connectivity index (χ4v) is 2.96. The number of methoxy groups -OCH3 is 2. The first-order chi connectivity index (χ1) is 13.8. The highest BCUT2D eigenvalue weighted by atomic mass is 19.4. The van der Waals surface area contributed by atoms with Gasteiger partial charge in [0, 0.05) is 5.56 Å². The Morgan fingerprint density at radius 1 is 1.03 bits per heavy atom. The third-order valence-corrected chi connectivity index (χ3v) is 5.24. The van der Waals surface area contributed by atoms with Gasteiger partial charge in [-0.05, 0) is 45.8 Å². The van der Waals surface area contributed by atoms with Crippen molar-refractivity contribution in [1.82, 2.24) is 0 Å². The van der Waals surface area contributed by atoms with Crippen LogP contribution in [0.25, 0.3) is 5.57 Å². The maximum Gasteiger partial charge on any atom is 0.525 e. The third kappa shape index (κ3) is 5.47. The molecule has 5 nitrogen and oxygen atoms in total. The van der Waals surface area contributed by atoms with E-state index in [1.54, 1.807) is 45.9 Å². The second-order valence-electron chi connectivity index (χ2n) is 7.87. The van der Waals surface area contributed by atoms with Crippen LogP contribution in [0.1, 0.15) is 39.7 Å². The Labute approximate surface area is 174 Å². The molecule has 0 N–H and O–H groups in total. The van der Waals surface area contributed by atoms with Crippen LogP contribution in [0, 0.1) is 0 Å². The van der Waals surface area contributed by atoms with Crippen molar-refractivity contribution in [2.75, 3.05) is 27.4 Å². The number of hydrogen-bond acceptors (Lipinski definition) is 5. The van der Waals surface area contributed by atoms with E-state index in [0.717, 1.165) is 0 Å². The average Bonchev–Trinajstić information content (AvgIpc) is 2.87. The zero-order valence-electron chi connectivity index (χ0n) is 18.0. The van der Waals surface area contributed by atoms with Gasteiger partial charge in [0.25, 0.3) is 0 Å². The fourth-order valence-electron chi connectivity index (χ4n) is 2.96. The maximum absolute atomic E-state index is 15.6. The van der Waals surface area contributed by atoms with Crippen LogP contribution in [0.5, 0.6) is 11.5 Å². The van der Waals surface area contributed by atoms with E-state index in [2.05, 4.69) is 0 Å². The summed E-state index contributed by atoms with van der Waals surface area (Å²) in [6.45, 7) is 5.32. The summed E-state index contributed by atoms with van der Waals surface area (Å²) in [5.41, 5.74) is -1.95. The molecule has 0 bridgehead atoms. The molecular formula is C20H27BF4O5. The number of ether oxygens (including phenoxy) is 3. The van der Waals surface area contributed by atoms with Crippen molar-refractivity contribution in [3.63, 3.8) is 0 Å². The topological polar surface area (TPSA) is 46.2 Å². The fraction of sp³-hybridized carbons (Fsp3) is 0.600. The van der Waals surface area contributed by atoms with Crippen molar-refractivity contribution in [3.05, 3.63) is 29.5 Å². The predicted octanol–water partition coefficient (Wildman–Crippen LogP) is 4.98. The number of halogens is 4. The van der Waals surface area contributed by atoms with Crippen molar-refractivity contribution < 1.29 is 41.1 Å². The van der Waals surface area contributed by atoms with Gasteiger partial charge in [-0.15, -0.1) is 0 Å². The minimum absolute atomic E-state index is 0.0615. The molecule has 1 heterocycles. The summed E-state index contributed by atoms with van der Waals surface area (Å²) in [6.07, 6.45) is -4.63. The zero-order valence-corrected chi connectivity index (χ0v) is 18.0. The normalized spacial score (nSPS) is 18.9. The lowest BCUT2D eigenvalue weighted by molar-refractivity contribution is -0.173. The van der Waals surface area contributed by atoms with Crippen LogP contribution in [-0.2, 0) is 14.0 Å². The van der Waals surface area contributed by atoms with E-state index < -0.39 is 36.8 Å². The second kappa shape index (κ2) is 9.15. The van der Waals surface area contributed by atoms with E-state index in [0.29, 0.717) is 11.3 Å².